The molecule has 1 amide bonds. The van der Waals surface area contributed by atoms with E-state index >= 15 is 0 Å². The van der Waals surface area contributed by atoms with Crippen LogP contribution in [0.15, 0.2) is 0 Å². The number of nitrogens with zero attached hydrogens (tertiary/aromatic N) is 1. The van der Waals surface area contributed by atoms with Gasteiger partial charge >= 0.3 is 0 Å². The van der Waals surface area contributed by atoms with Crippen molar-refractivity contribution in [3.05, 3.63) is 0 Å². The largest absolute Gasteiger partial charge is 0.326 e. The molecule has 3 aliphatic rings. The number of hydrogen-bond donors (Lipinski definition) is 1. The Morgan fingerprint density at radius 3 is 2.48 bits per heavy atom. The fraction of sp³-hybridized carbons (Fsp3) is 0.944. The number of carbonyl (C=O) groups is 1. The molecule has 1 spiro atoms. The summed E-state index contributed by atoms with van der Waals surface area (Å²) in [6.07, 6.45) is 12.7. The molecule has 3 nitrogen and oxygen atoms in total. The van der Waals surface area contributed by atoms with Gasteiger partial charge in [-0.1, -0.05) is 52.4 Å². The van der Waals surface area contributed by atoms with Crippen molar-refractivity contribution < 1.29 is 4.79 Å². The lowest BCUT2D eigenvalue weighted by molar-refractivity contribution is -0.133. The molecule has 1 aliphatic heterocycles. The predicted octanol–water partition coefficient (Wildman–Crippen LogP) is 3.68. The SMILES string of the molecule is CC(C)CC1NC2(CCCC2)C(=O)N1CCC1CCCC1. The van der Waals surface area contributed by atoms with Gasteiger partial charge in [0.25, 0.3) is 0 Å². The summed E-state index contributed by atoms with van der Waals surface area (Å²) in [6, 6.07) is 0. The minimum absolute atomic E-state index is 0.185. The second kappa shape index (κ2) is 6.28. The molecule has 0 aromatic heterocycles. The normalized spacial score (nSPS) is 29.4. The molecule has 2 saturated carbocycles. The summed E-state index contributed by atoms with van der Waals surface area (Å²) in [7, 11) is 0. The number of nitrogens with one attached hydrogen (secondary N) is 1. The van der Waals surface area contributed by atoms with Gasteiger partial charge in [-0.2, -0.15) is 0 Å². The topological polar surface area (TPSA) is 32.3 Å². The van der Waals surface area contributed by atoms with Crippen LogP contribution in [0.3, 0.4) is 0 Å². The molecule has 3 rings (SSSR count). The van der Waals surface area contributed by atoms with Gasteiger partial charge in [-0.15, -0.1) is 0 Å². The molecule has 0 aromatic carbocycles. The first-order chi connectivity index (χ1) is 10.1. The molecular weight excluding hydrogens is 260 g/mol. The van der Waals surface area contributed by atoms with Crippen LogP contribution in [0, 0.1) is 11.8 Å². The molecular formula is C18H32N2O. The molecule has 1 atom stereocenters. The monoisotopic (exact) mass is 292 g/mol. The third-order valence-electron chi connectivity index (χ3n) is 5.89. The molecule has 1 saturated heterocycles. The molecule has 0 bridgehead atoms. The van der Waals surface area contributed by atoms with E-state index in [2.05, 4.69) is 24.1 Å². The Hall–Kier alpha value is -0.570. The van der Waals surface area contributed by atoms with Gasteiger partial charge in [0.1, 0.15) is 0 Å². The van der Waals surface area contributed by atoms with E-state index in [0.29, 0.717) is 11.8 Å². The Labute approximate surface area is 129 Å². The van der Waals surface area contributed by atoms with Crippen molar-refractivity contribution in [2.75, 3.05) is 6.54 Å². The van der Waals surface area contributed by atoms with E-state index in [4.69, 9.17) is 0 Å². The van der Waals surface area contributed by atoms with Crippen molar-refractivity contribution in [1.82, 2.24) is 10.2 Å². The number of hydrogen-bond acceptors (Lipinski definition) is 2. The maximum Gasteiger partial charge on any atom is 0.244 e. The standard InChI is InChI=1S/C18H32N2O/c1-14(2)13-16-19-18(10-5-6-11-18)17(21)20(16)12-9-15-7-3-4-8-15/h14-16,19H,3-13H2,1-2H3. The second-order valence-corrected chi connectivity index (χ2v) is 8.02. The number of carbonyl (C=O) groups excluding carboxylic acids is 1. The average molecular weight is 292 g/mol. The molecule has 0 radical (unpaired) electrons. The zero-order valence-corrected chi connectivity index (χ0v) is 13.9. The lowest BCUT2D eigenvalue weighted by Crippen LogP contribution is -2.44. The Balaban J connectivity index is 1.66. The van der Waals surface area contributed by atoms with Gasteiger partial charge in [-0.25, -0.2) is 0 Å². The van der Waals surface area contributed by atoms with Gasteiger partial charge in [0, 0.05) is 6.54 Å². The van der Waals surface area contributed by atoms with Crippen LogP contribution in [0.5, 0.6) is 0 Å². The summed E-state index contributed by atoms with van der Waals surface area (Å²) in [4.78, 5) is 15.2. The van der Waals surface area contributed by atoms with Gasteiger partial charge in [-0.05, 0) is 37.5 Å². The highest BCUT2D eigenvalue weighted by atomic mass is 16.2. The molecule has 1 unspecified atom stereocenters. The first-order valence-electron chi connectivity index (χ1n) is 9.19. The Morgan fingerprint density at radius 2 is 1.86 bits per heavy atom. The van der Waals surface area contributed by atoms with E-state index in [1.54, 1.807) is 0 Å². The minimum Gasteiger partial charge on any atom is -0.326 e. The van der Waals surface area contributed by atoms with Crippen LogP contribution in [-0.4, -0.2) is 29.1 Å². The second-order valence-electron chi connectivity index (χ2n) is 8.02. The molecule has 0 aromatic rings. The zero-order chi connectivity index (χ0) is 14.9. The van der Waals surface area contributed by atoms with Gasteiger partial charge in [-0.3, -0.25) is 10.1 Å². The minimum atomic E-state index is -0.185. The fourth-order valence-corrected chi connectivity index (χ4v) is 4.72. The van der Waals surface area contributed by atoms with Crippen LogP contribution in [-0.2, 0) is 4.79 Å². The molecule has 21 heavy (non-hydrogen) atoms. The van der Waals surface area contributed by atoms with Crippen LogP contribution in [0.1, 0.15) is 78.1 Å². The van der Waals surface area contributed by atoms with Crippen LogP contribution in [0.25, 0.3) is 0 Å². The number of amides is 1. The van der Waals surface area contributed by atoms with Gasteiger partial charge in [0.15, 0.2) is 0 Å². The van der Waals surface area contributed by atoms with Crippen molar-refractivity contribution in [2.45, 2.75) is 89.8 Å². The molecule has 3 heteroatoms. The van der Waals surface area contributed by atoms with Crippen molar-refractivity contribution in [3.8, 4) is 0 Å². The quantitative estimate of drug-likeness (QED) is 0.838. The smallest absolute Gasteiger partial charge is 0.244 e. The summed E-state index contributed by atoms with van der Waals surface area (Å²) in [5.41, 5.74) is -0.185. The van der Waals surface area contributed by atoms with Crippen molar-refractivity contribution >= 4 is 5.91 Å². The predicted molar refractivity (Wildman–Crippen MR) is 85.9 cm³/mol. The maximum absolute atomic E-state index is 13.0. The van der Waals surface area contributed by atoms with Crippen LogP contribution < -0.4 is 5.32 Å². The zero-order valence-electron chi connectivity index (χ0n) is 13.9. The molecule has 1 N–H and O–H groups in total. The Kier molecular flexibility index (Phi) is 4.58. The first-order valence-corrected chi connectivity index (χ1v) is 9.19. The molecule has 1 heterocycles. The van der Waals surface area contributed by atoms with Crippen LogP contribution in [0.2, 0.25) is 0 Å². The summed E-state index contributed by atoms with van der Waals surface area (Å²) in [6.45, 7) is 5.51. The average Bonchev–Trinajstić information content (AvgIpc) is 3.13. The van der Waals surface area contributed by atoms with Crippen LogP contribution in [0.4, 0.5) is 0 Å². The summed E-state index contributed by atoms with van der Waals surface area (Å²) < 4.78 is 0. The maximum atomic E-state index is 13.0. The van der Waals surface area contributed by atoms with Crippen molar-refractivity contribution in [1.29, 1.82) is 0 Å². The van der Waals surface area contributed by atoms with Gasteiger partial charge in [0.2, 0.25) is 5.91 Å². The fourth-order valence-electron chi connectivity index (χ4n) is 4.72. The van der Waals surface area contributed by atoms with Crippen LogP contribution >= 0.6 is 0 Å². The third-order valence-corrected chi connectivity index (χ3v) is 5.89. The third kappa shape index (κ3) is 3.13. The number of rotatable bonds is 5. The summed E-state index contributed by atoms with van der Waals surface area (Å²) in [5, 5.41) is 3.75. The van der Waals surface area contributed by atoms with E-state index in [-0.39, 0.29) is 11.7 Å². The van der Waals surface area contributed by atoms with Crippen molar-refractivity contribution in [3.63, 3.8) is 0 Å². The van der Waals surface area contributed by atoms with E-state index in [9.17, 15) is 4.79 Å². The lowest BCUT2D eigenvalue weighted by atomic mass is 9.97. The van der Waals surface area contributed by atoms with Gasteiger partial charge < -0.3 is 4.90 Å². The molecule has 2 aliphatic carbocycles. The lowest BCUT2D eigenvalue weighted by Gasteiger charge is -2.26. The van der Waals surface area contributed by atoms with E-state index < -0.39 is 0 Å². The van der Waals surface area contributed by atoms with Gasteiger partial charge in [0.05, 0.1) is 11.7 Å². The highest BCUT2D eigenvalue weighted by Gasteiger charge is 2.51. The molecule has 120 valence electrons. The summed E-state index contributed by atoms with van der Waals surface area (Å²) in [5.74, 6) is 1.93. The molecule has 3 fully saturated rings. The Bertz CT molecular complexity index is 367. The van der Waals surface area contributed by atoms with E-state index in [0.717, 1.165) is 31.7 Å². The first kappa shape index (κ1) is 15.3. The highest BCUT2D eigenvalue weighted by Crippen LogP contribution is 2.38. The van der Waals surface area contributed by atoms with Crippen molar-refractivity contribution in [2.24, 2.45) is 11.8 Å². The Morgan fingerprint density at radius 1 is 1.19 bits per heavy atom. The highest BCUT2D eigenvalue weighted by molar-refractivity contribution is 5.89. The summed E-state index contributed by atoms with van der Waals surface area (Å²) >= 11 is 0. The van der Waals surface area contributed by atoms with E-state index in [1.807, 2.05) is 0 Å². The van der Waals surface area contributed by atoms with E-state index in [1.165, 1.54) is 44.9 Å².